The summed E-state index contributed by atoms with van der Waals surface area (Å²) in [5.41, 5.74) is 8.15. The van der Waals surface area contributed by atoms with E-state index < -0.39 is 0 Å². The first-order valence-corrected chi connectivity index (χ1v) is 8.27. The number of halogens is 1. The van der Waals surface area contributed by atoms with E-state index in [9.17, 15) is 0 Å². The highest BCUT2D eigenvalue weighted by Crippen LogP contribution is 2.21. The summed E-state index contributed by atoms with van der Waals surface area (Å²) < 4.78 is 7.05. The van der Waals surface area contributed by atoms with E-state index in [-0.39, 0.29) is 0 Å². The van der Waals surface area contributed by atoms with Crippen LogP contribution in [0.5, 0.6) is 0 Å². The summed E-state index contributed by atoms with van der Waals surface area (Å²) in [6.45, 7) is 6.94. The van der Waals surface area contributed by atoms with Crippen LogP contribution in [-0.2, 0) is 11.3 Å². The fourth-order valence-electron chi connectivity index (χ4n) is 2.56. The summed E-state index contributed by atoms with van der Waals surface area (Å²) >= 11 is 3.61. The number of benzene rings is 1. The molecule has 112 valence electrons. The predicted molar refractivity (Wildman–Crippen MR) is 86.8 cm³/mol. The van der Waals surface area contributed by atoms with E-state index in [1.807, 2.05) is 0 Å². The van der Waals surface area contributed by atoms with Crippen molar-refractivity contribution in [2.45, 2.75) is 38.8 Å². The lowest BCUT2D eigenvalue weighted by Crippen LogP contribution is -2.36. The minimum absolute atomic E-state index is 0.433. The Labute approximate surface area is 130 Å². The Morgan fingerprint density at radius 3 is 2.75 bits per heavy atom. The first-order chi connectivity index (χ1) is 9.69. The second kappa shape index (κ2) is 8.13. The summed E-state index contributed by atoms with van der Waals surface area (Å²) in [5, 5.41) is 0. The molecule has 0 amide bonds. The van der Waals surface area contributed by atoms with Crippen LogP contribution in [0.2, 0.25) is 0 Å². The molecule has 0 saturated carbocycles. The molecule has 1 fully saturated rings. The van der Waals surface area contributed by atoms with E-state index in [0.29, 0.717) is 6.10 Å². The van der Waals surface area contributed by atoms with Gasteiger partial charge in [0.05, 0.1) is 6.10 Å². The molecule has 0 spiro atoms. The quantitative estimate of drug-likeness (QED) is 0.808. The van der Waals surface area contributed by atoms with Crippen LogP contribution in [0.15, 0.2) is 22.7 Å². The molecule has 1 saturated heterocycles. The molecule has 1 aromatic rings. The number of hydrogen-bond acceptors (Lipinski definition) is 3. The van der Waals surface area contributed by atoms with Crippen molar-refractivity contribution in [3.8, 4) is 0 Å². The smallest absolute Gasteiger partial charge is 0.0599 e. The Hall–Kier alpha value is -0.420. The van der Waals surface area contributed by atoms with Crippen molar-refractivity contribution >= 4 is 15.9 Å². The fourth-order valence-corrected chi connectivity index (χ4v) is 2.99. The summed E-state index contributed by atoms with van der Waals surface area (Å²) in [6, 6.07) is 6.64. The van der Waals surface area contributed by atoms with Gasteiger partial charge in [0.2, 0.25) is 0 Å². The van der Waals surface area contributed by atoms with Gasteiger partial charge in [0.15, 0.2) is 0 Å². The highest BCUT2D eigenvalue weighted by molar-refractivity contribution is 9.10. The molecule has 1 heterocycles. The van der Waals surface area contributed by atoms with Gasteiger partial charge in [0.1, 0.15) is 0 Å². The van der Waals surface area contributed by atoms with Gasteiger partial charge < -0.3 is 10.5 Å². The topological polar surface area (TPSA) is 38.5 Å². The Kier molecular flexibility index (Phi) is 6.49. The molecule has 0 aliphatic carbocycles. The minimum atomic E-state index is 0.433. The summed E-state index contributed by atoms with van der Waals surface area (Å²) in [4.78, 5) is 2.51. The molecule has 1 aliphatic rings. The maximum atomic E-state index is 5.84. The molecule has 0 aromatic heterocycles. The molecule has 0 atom stereocenters. The molecule has 1 aromatic carbocycles. The molecular formula is C16H25BrN2O. The fraction of sp³-hybridized carbons (Fsp3) is 0.625. The predicted octanol–water partition coefficient (Wildman–Crippen LogP) is 3.09. The van der Waals surface area contributed by atoms with Crippen molar-refractivity contribution in [3.63, 3.8) is 0 Å². The molecule has 0 radical (unpaired) electrons. The van der Waals surface area contributed by atoms with Gasteiger partial charge in [0, 0.05) is 30.7 Å². The molecule has 20 heavy (non-hydrogen) atoms. The third kappa shape index (κ3) is 4.85. The van der Waals surface area contributed by atoms with Crippen LogP contribution in [-0.4, -0.2) is 37.2 Å². The van der Waals surface area contributed by atoms with Crippen molar-refractivity contribution in [2.24, 2.45) is 5.73 Å². The molecule has 3 nitrogen and oxygen atoms in total. The largest absolute Gasteiger partial charge is 0.378 e. The normalized spacial score (nSPS) is 17.6. The number of aryl methyl sites for hydroxylation is 1. The molecule has 2 N–H and O–H groups in total. The van der Waals surface area contributed by atoms with Crippen molar-refractivity contribution in [3.05, 3.63) is 33.8 Å². The number of ether oxygens (including phenoxy) is 1. The van der Waals surface area contributed by atoms with E-state index in [1.54, 1.807) is 0 Å². The average molecular weight is 341 g/mol. The Morgan fingerprint density at radius 2 is 2.10 bits per heavy atom. The number of nitrogens with two attached hydrogens (primary N) is 1. The van der Waals surface area contributed by atoms with Gasteiger partial charge in [-0.15, -0.1) is 0 Å². The average Bonchev–Trinajstić information content (AvgIpc) is 2.45. The first kappa shape index (κ1) is 16.0. The van der Waals surface area contributed by atoms with Gasteiger partial charge >= 0.3 is 0 Å². The maximum Gasteiger partial charge on any atom is 0.0599 e. The molecule has 2 rings (SSSR count). The second-order valence-corrected chi connectivity index (χ2v) is 6.43. The van der Waals surface area contributed by atoms with Crippen molar-refractivity contribution in [2.75, 3.05) is 26.2 Å². The second-order valence-electron chi connectivity index (χ2n) is 5.57. The molecule has 0 bridgehead atoms. The van der Waals surface area contributed by atoms with Crippen LogP contribution < -0.4 is 5.73 Å². The van der Waals surface area contributed by atoms with Crippen LogP contribution in [0.1, 0.15) is 30.4 Å². The monoisotopic (exact) mass is 340 g/mol. The lowest BCUT2D eigenvalue weighted by molar-refractivity contribution is 0.00563. The molecule has 1 aliphatic heterocycles. The van der Waals surface area contributed by atoms with E-state index in [4.69, 9.17) is 10.5 Å². The van der Waals surface area contributed by atoms with Crippen LogP contribution in [0, 0.1) is 6.92 Å². The Balaban J connectivity index is 1.75. The minimum Gasteiger partial charge on any atom is -0.378 e. The summed E-state index contributed by atoms with van der Waals surface area (Å²) in [5.74, 6) is 0. The van der Waals surface area contributed by atoms with Crippen LogP contribution >= 0.6 is 15.9 Å². The number of rotatable bonds is 6. The Bertz CT molecular complexity index is 417. The van der Waals surface area contributed by atoms with E-state index in [2.05, 4.69) is 46.0 Å². The SMILES string of the molecule is Cc1ccc(CN2CCC(OCCCN)CC2)cc1Br. The zero-order valence-electron chi connectivity index (χ0n) is 12.3. The number of nitrogens with zero attached hydrogens (tertiary/aromatic N) is 1. The van der Waals surface area contributed by atoms with Gasteiger partial charge in [-0.2, -0.15) is 0 Å². The van der Waals surface area contributed by atoms with Crippen LogP contribution in [0.3, 0.4) is 0 Å². The van der Waals surface area contributed by atoms with Gasteiger partial charge in [-0.3, -0.25) is 4.90 Å². The first-order valence-electron chi connectivity index (χ1n) is 7.48. The van der Waals surface area contributed by atoms with Gasteiger partial charge in [-0.1, -0.05) is 28.1 Å². The molecular weight excluding hydrogens is 316 g/mol. The van der Waals surface area contributed by atoms with E-state index in [0.717, 1.165) is 52.0 Å². The lowest BCUT2D eigenvalue weighted by Gasteiger charge is -2.32. The third-order valence-corrected chi connectivity index (χ3v) is 4.73. The number of hydrogen-bond donors (Lipinski definition) is 1. The molecule has 0 unspecified atom stereocenters. The van der Waals surface area contributed by atoms with E-state index in [1.165, 1.54) is 15.6 Å². The summed E-state index contributed by atoms with van der Waals surface area (Å²) in [6.07, 6.45) is 3.68. The van der Waals surface area contributed by atoms with Crippen molar-refractivity contribution in [1.29, 1.82) is 0 Å². The van der Waals surface area contributed by atoms with Gasteiger partial charge in [-0.25, -0.2) is 0 Å². The highest BCUT2D eigenvalue weighted by atomic mass is 79.9. The highest BCUT2D eigenvalue weighted by Gasteiger charge is 2.19. The van der Waals surface area contributed by atoms with Gasteiger partial charge in [0.25, 0.3) is 0 Å². The maximum absolute atomic E-state index is 5.84. The van der Waals surface area contributed by atoms with Gasteiger partial charge in [-0.05, 0) is 49.9 Å². The lowest BCUT2D eigenvalue weighted by atomic mass is 10.1. The standard InChI is InChI=1S/C16H25BrN2O/c1-13-3-4-14(11-16(13)17)12-19-8-5-15(6-9-19)20-10-2-7-18/h3-4,11,15H,2,5-10,12,18H2,1H3. The zero-order chi connectivity index (χ0) is 14.4. The van der Waals surface area contributed by atoms with Crippen molar-refractivity contribution < 1.29 is 4.74 Å². The molecule has 4 heteroatoms. The Morgan fingerprint density at radius 1 is 1.35 bits per heavy atom. The van der Waals surface area contributed by atoms with Crippen LogP contribution in [0.25, 0.3) is 0 Å². The summed E-state index contributed by atoms with van der Waals surface area (Å²) in [7, 11) is 0. The number of likely N-dealkylation sites (tertiary alicyclic amines) is 1. The zero-order valence-corrected chi connectivity index (χ0v) is 13.9. The van der Waals surface area contributed by atoms with E-state index >= 15 is 0 Å². The third-order valence-electron chi connectivity index (χ3n) is 3.88. The number of piperidine rings is 1. The van der Waals surface area contributed by atoms with Crippen LogP contribution in [0.4, 0.5) is 0 Å². The van der Waals surface area contributed by atoms with Crippen molar-refractivity contribution in [1.82, 2.24) is 4.90 Å².